The maximum absolute atomic E-state index is 13.3. The van der Waals surface area contributed by atoms with Crippen LogP contribution in [0.2, 0.25) is 0 Å². The van der Waals surface area contributed by atoms with Gasteiger partial charge in [0.05, 0.1) is 10.6 Å². The third-order valence-corrected chi connectivity index (χ3v) is 8.28. The van der Waals surface area contributed by atoms with Crippen LogP contribution < -0.4 is 15.5 Å². The van der Waals surface area contributed by atoms with E-state index in [2.05, 4.69) is 44.6 Å². The predicted octanol–water partition coefficient (Wildman–Crippen LogP) is 5.42. The minimum absolute atomic E-state index is 0.180. The Bertz CT molecular complexity index is 1620. The number of carbonyl (C=O) groups excluding carboxylic acids is 3. The van der Waals surface area contributed by atoms with Crippen LogP contribution in [0.3, 0.4) is 0 Å². The van der Waals surface area contributed by atoms with Gasteiger partial charge >= 0.3 is 0 Å². The summed E-state index contributed by atoms with van der Waals surface area (Å²) in [6, 6.07) is 23.7. The summed E-state index contributed by atoms with van der Waals surface area (Å²) >= 11 is 1.35. The number of nitrogens with one attached hydrogen (secondary N) is 2. The molecule has 3 heterocycles. The van der Waals surface area contributed by atoms with Crippen LogP contribution in [0.15, 0.2) is 89.2 Å². The molecule has 2 aliphatic rings. The molecule has 0 saturated carbocycles. The fourth-order valence-electron chi connectivity index (χ4n) is 5.06. The Labute approximate surface area is 242 Å². The number of benzene rings is 3. The highest BCUT2D eigenvalue weighted by Gasteiger charge is 2.30. The molecule has 2 N–H and O–H groups in total. The summed E-state index contributed by atoms with van der Waals surface area (Å²) in [7, 11) is 2.14. The normalized spacial score (nSPS) is 17.0. The number of aliphatic imine (C=N–C) groups is 1. The van der Waals surface area contributed by atoms with Crippen molar-refractivity contribution in [2.75, 3.05) is 48.8 Å². The average molecular weight is 564 g/mol. The van der Waals surface area contributed by atoms with Gasteiger partial charge < -0.3 is 20.4 Å². The van der Waals surface area contributed by atoms with E-state index in [1.54, 1.807) is 54.7 Å². The van der Waals surface area contributed by atoms with Crippen molar-refractivity contribution in [2.45, 2.75) is 5.92 Å². The molecular formula is C32H29N5O3S. The zero-order valence-electron chi connectivity index (χ0n) is 22.5. The molecule has 4 aromatic rings. The van der Waals surface area contributed by atoms with Gasteiger partial charge in [0.15, 0.2) is 5.78 Å². The van der Waals surface area contributed by atoms with E-state index in [0.717, 1.165) is 37.4 Å². The van der Waals surface area contributed by atoms with Gasteiger partial charge in [0.2, 0.25) is 5.91 Å². The van der Waals surface area contributed by atoms with Crippen molar-refractivity contribution in [2.24, 2.45) is 4.99 Å². The Hall–Kier alpha value is -4.60. The third kappa shape index (κ3) is 5.82. The first-order valence-electron chi connectivity index (χ1n) is 13.5. The van der Waals surface area contributed by atoms with Gasteiger partial charge in [0.25, 0.3) is 5.91 Å². The zero-order valence-corrected chi connectivity index (χ0v) is 23.4. The van der Waals surface area contributed by atoms with E-state index < -0.39 is 5.92 Å². The number of nitrogens with zero attached hydrogens (tertiary/aromatic N) is 3. The molecule has 0 radical (unpaired) electrons. The summed E-state index contributed by atoms with van der Waals surface area (Å²) in [5.74, 6) is -1.14. The van der Waals surface area contributed by atoms with Crippen molar-refractivity contribution in [3.05, 3.63) is 106 Å². The number of likely N-dealkylation sites (N-methyl/N-ethyl adjacent to an activating group) is 1. The molecule has 0 bridgehead atoms. The standard InChI is InChI=1S/C32H29N5O3S/c1-36-13-15-37(16-14-36)25-10-8-23(9-11-25)33-20-27-26-12-7-22(19-28(26)35-31(27)39)30(38)21-4-2-5-24(18-21)34-32(40)29-6-3-17-41-29/h2-12,17-20,27H,13-16H2,1H3,(H,34,40)(H,35,39). The third-order valence-electron chi connectivity index (χ3n) is 7.41. The highest BCUT2D eigenvalue weighted by atomic mass is 32.1. The average Bonchev–Trinajstić information content (AvgIpc) is 3.64. The molecule has 1 unspecified atom stereocenters. The zero-order chi connectivity index (χ0) is 28.3. The number of fused-ring (bicyclic) bond motifs is 1. The largest absolute Gasteiger partial charge is 0.369 e. The van der Waals surface area contributed by atoms with E-state index in [1.165, 1.54) is 17.0 Å². The summed E-state index contributed by atoms with van der Waals surface area (Å²) < 4.78 is 0. The summed E-state index contributed by atoms with van der Waals surface area (Å²) in [6.07, 6.45) is 1.66. The monoisotopic (exact) mass is 563 g/mol. The molecule has 0 aliphatic carbocycles. The lowest BCUT2D eigenvalue weighted by molar-refractivity contribution is -0.115. The number of thiophene rings is 1. The maximum Gasteiger partial charge on any atom is 0.265 e. The van der Waals surface area contributed by atoms with Crippen LogP contribution in [-0.2, 0) is 4.79 Å². The number of hydrogen-bond donors (Lipinski definition) is 2. The van der Waals surface area contributed by atoms with Crippen molar-refractivity contribution in [1.29, 1.82) is 0 Å². The van der Waals surface area contributed by atoms with E-state index >= 15 is 0 Å². The SMILES string of the molecule is CN1CCN(c2ccc(N=CC3C(=O)Nc4cc(C(=O)c5cccc(NC(=O)c6cccs6)c5)ccc43)cc2)CC1. The molecular weight excluding hydrogens is 534 g/mol. The quantitative estimate of drug-likeness (QED) is 0.231. The number of rotatable bonds is 7. The second-order valence-electron chi connectivity index (χ2n) is 10.2. The second-order valence-corrected chi connectivity index (χ2v) is 11.1. The Morgan fingerprint density at radius 3 is 2.49 bits per heavy atom. The molecule has 41 heavy (non-hydrogen) atoms. The molecule has 1 atom stereocenters. The molecule has 2 amide bonds. The molecule has 1 fully saturated rings. The van der Waals surface area contributed by atoms with Crippen LogP contribution in [0.5, 0.6) is 0 Å². The lowest BCUT2D eigenvalue weighted by Crippen LogP contribution is -2.44. The Balaban J connectivity index is 1.14. The lowest BCUT2D eigenvalue weighted by atomic mass is 9.97. The fourth-order valence-corrected chi connectivity index (χ4v) is 5.68. The number of piperazine rings is 1. The highest BCUT2D eigenvalue weighted by Crippen LogP contribution is 2.33. The van der Waals surface area contributed by atoms with Gasteiger partial charge in [-0.25, -0.2) is 0 Å². The fraction of sp³-hybridized carbons (Fsp3) is 0.188. The van der Waals surface area contributed by atoms with Crippen molar-refractivity contribution in [3.63, 3.8) is 0 Å². The maximum atomic E-state index is 13.3. The molecule has 1 saturated heterocycles. The van der Waals surface area contributed by atoms with Crippen LogP contribution in [0, 0.1) is 0 Å². The smallest absolute Gasteiger partial charge is 0.265 e. The number of ketones is 1. The number of carbonyl (C=O) groups is 3. The van der Waals surface area contributed by atoms with Gasteiger partial charge in [-0.05, 0) is 66.5 Å². The van der Waals surface area contributed by atoms with E-state index in [0.29, 0.717) is 27.4 Å². The van der Waals surface area contributed by atoms with Gasteiger partial charge in [-0.1, -0.05) is 30.3 Å². The Morgan fingerprint density at radius 1 is 0.951 bits per heavy atom. The van der Waals surface area contributed by atoms with Crippen LogP contribution in [0.1, 0.15) is 37.1 Å². The first kappa shape index (κ1) is 26.6. The summed E-state index contributed by atoms with van der Waals surface area (Å²) in [6.45, 7) is 4.09. The molecule has 0 spiro atoms. The Kier molecular flexibility index (Phi) is 7.45. The molecule has 9 heteroatoms. The minimum Gasteiger partial charge on any atom is -0.369 e. The molecule has 3 aromatic carbocycles. The predicted molar refractivity (Wildman–Crippen MR) is 164 cm³/mol. The van der Waals surface area contributed by atoms with Crippen LogP contribution in [0.25, 0.3) is 0 Å². The lowest BCUT2D eigenvalue weighted by Gasteiger charge is -2.34. The van der Waals surface area contributed by atoms with Gasteiger partial charge in [-0.3, -0.25) is 19.4 Å². The summed E-state index contributed by atoms with van der Waals surface area (Å²) in [5.41, 5.74) is 4.76. The van der Waals surface area contributed by atoms with E-state index in [1.807, 2.05) is 23.6 Å². The first-order chi connectivity index (χ1) is 19.9. The topological polar surface area (TPSA) is 94.1 Å². The van der Waals surface area contributed by atoms with E-state index in [-0.39, 0.29) is 17.6 Å². The van der Waals surface area contributed by atoms with Crippen molar-refractivity contribution >= 4 is 57.9 Å². The van der Waals surface area contributed by atoms with Gasteiger partial charge in [0.1, 0.15) is 5.92 Å². The van der Waals surface area contributed by atoms with Crippen LogP contribution in [-0.4, -0.2) is 61.9 Å². The van der Waals surface area contributed by atoms with Gasteiger partial charge in [-0.15, -0.1) is 11.3 Å². The summed E-state index contributed by atoms with van der Waals surface area (Å²) in [4.78, 5) is 48.4. The molecule has 6 rings (SSSR count). The van der Waals surface area contributed by atoms with Crippen molar-refractivity contribution in [1.82, 2.24) is 4.90 Å². The molecule has 2 aliphatic heterocycles. The summed E-state index contributed by atoms with van der Waals surface area (Å²) in [5, 5.41) is 7.56. The molecule has 1 aromatic heterocycles. The number of hydrogen-bond acceptors (Lipinski definition) is 7. The van der Waals surface area contributed by atoms with Crippen molar-refractivity contribution < 1.29 is 14.4 Å². The van der Waals surface area contributed by atoms with Crippen LogP contribution in [0.4, 0.5) is 22.7 Å². The van der Waals surface area contributed by atoms with Crippen molar-refractivity contribution in [3.8, 4) is 0 Å². The van der Waals surface area contributed by atoms with Gasteiger partial charge in [0, 0.05) is 60.6 Å². The Morgan fingerprint density at radius 2 is 1.73 bits per heavy atom. The second kappa shape index (κ2) is 11.5. The number of anilines is 3. The first-order valence-corrected chi connectivity index (χ1v) is 14.3. The van der Waals surface area contributed by atoms with Crippen LogP contribution >= 0.6 is 11.3 Å². The molecule has 8 nitrogen and oxygen atoms in total. The van der Waals surface area contributed by atoms with Gasteiger partial charge in [-0.2, -0.15) is 0 Å². The van der Waals surface area contributed by atoms with E-state index in [4.69, 9.17) is 0 Å². The highest BCUT2D eigenvalue weighted by molar-refractivity contribution is 7.12. The molecule has 206 valence electrons. The van der Waals surface area contributed by atoms with E-state index in [9.17, 15) is 14.4 Å². The number of amides is 2. The minimum atomic E-state index is -0.540.